The van der Waals surface area contributed by atoms with Crippen LogP contribution in [0.1, 0.15) is 37.3 Å². The van der Waals surface area contributed by atoms with Gasteiger partial charge in [0.05, 0.1) is 0 Å². The minimum absolute atomic E-state index is 0.111. The van der Waals surface area contributed by atoms with E-state index in [2.05, 4.69) is 44.4 Å². The molecular weight excluding hydrogens is 196 g/mol. The summed E-state index contributed by atoms with van der Waals surface area (Å²) in [5, 5.41) is 8.70. The Morgan fingerprint density at radius 3 is 2.44 bits per heavy atom. The highest BCUT2D eigenvalue weighted by molar-refractivity contribution is 5.41. The molecule has 1 aromatic carbocycles. The highest BCUT2D eigenvalue weighted by atomic mass is 16.2. The monoisotopic (exact) mass is 214 g/mol. The van der Waals surface area contributed by atoms with Gasteiger partial charge < -0.3 is 5.11 Å². The second-order valence-corrected chi connectivity index (χ2v) is 4.10. The number of hydrogen-bond donors (Lipinski definition) is 1. The summed E-state index contributed by atoms with van der Waals surface area (Å²) < 4.78 is 0. The molecule has 0 spiro atoms. The van der Waals surface area contributed by atoms with Crippen LogP contribution in [0.5, 0.6) is 0 Å². The van der Waals surface area contributed by atoms with E-state index in [1.54, 1.807) is 0 Å². The van der Waals surface area contributed by atoms with Crippen LogP contribution in [0.25, 0.3) is 0 Å². The van der Waals surface area contributed by atoms with E-state index >= 15 is 0 Å². The summed E-state index contributed by atoms with van der Waals surface area (Å²) in [7, 11) is 0. The molecule has 0 saturated carbocycles. The van der Waals surface area contributed by atoms with Crippen LogP contribution in [-0.4, -0.2) is 11.7 Å². The van der Waals surface area contributed by atoms with Gasteiger partial charge in [-0.05, 0) is 29.2 Å². The average molecular weight is 214 g/mol. The summed E-state index contributed by atoms with van der Waals surface area (Å²) >= 11 is 0. The van der Waals surface area contributed by atoms with Gasteiger partial charge in [-0.25, -0.2) is 0 Å². The van der Waals surface area contributed by atoms with Crippen molar-refractivity contribution in [3.05, 3.63) is 47.5 Å². The van der Waals surface area contributed by atoms with Gasteiger partial charge in [0.2, 0.25) is 0 Å². The predicted octanol–water partition coefficient (Wildman–Crippen LogP) is 3.10. The summed E-state index contributed by atoms with van der Waals surface area (Å²) in [5.41, 5.74) is 3.08. The fourth-order valence-corrected chi connectivity index (χ4v) is 1.31. The quantitative estimate of drug-likeness (QED) is 0.767. The number of aliphatic hydroxyl groups is 1. The van der Waals surface area contributed by atoms with E-state index < -0.39 is 0 Å². The first kappa shape index (κ1) is 12.5. The zero-order valence-corrected chi connectivity index (χ0v) is 9.96. The maximum absolute atomic E-state index is 8.70. The molecule has 1 nitrogen and oxygen atoms in total. The summed E-state index contributed by atoms with van der Waals surface area (Å²) in [4.78, 5) is 0. The van der Waals surface area contributed by atoms with E-state index in [9.17, 15) is 0 Å². The Kier molecular flexibility index (Phi) is 4.82. The van der Waals surface area contributed by atoms with Crippen molar-refractivity contribution in [1.82, 2.24) is 0 Å². The standard InChI is InChI=1S/C15H18O/c1-12(2)15-8-6-14(7-9-15)5-4-13(3)10-11-16/h6-9,12,16H,3,10-11H2,1-2H3. The molecule has 0 aliphatic carbocycles. The number of benzene rings is 1. The molecule has 0 aliphatic rings. The molecule has 1 aromatic rings. The highest BCUT2D eigenvalue weighted by Gasteiger charge is 1.97. The molecule has 0 aliphatic heterocycles. The third-order valence-corrected chi connectivity index (χ3v) is 2.37. The van der Waals surface area contributed by atoms with Gasteiger partial charge in [-0.15, -0.1) is 0 Å². The topological polar surface area (TPSA) is 20.2 Å². The zero-order valence-electron chi connectivity index (χ0n) is 9.96. The lowest BCUT2D eigenvalue weighted by molar-refractivity contribution is 0.301. The zero-order chi connectivity index (χ0) is 12.0. The first-order chi connectivity index (χ1) is 7.63. The lowest BCUT2D eigenvalue weighted by atomic mass is 10.0. The van der Waals surface area contributed by atoms with Gasteiger partial charge in [0, 0.05) is 18.6 Å². The van der Waals surface area contributed by atoms with Gasteiger partial charge >= 0.3 is 0 Å². The van der Waals surface area contributed by atoms with Gasteiger partial charge in [-0.3, -0.25) is 0 Å². The predicted molar refractivity (Wildman–Crippen MR) is 68.3 cm³/mol. The molecule has 0 fully saturated rings. The molecule has 0 radical (unpaired) electrons. The molecular formula is C15H18O. The lowest BCUT2D eigenvalue weighted by Gasteiger charge is -2.03. The van der Waals surface area contributed by atoms with Crippen molar-refractivity contribution < 1.29 is 5.11 Å². The third kappa shape index (κ3) is 3.92. The Bertz CT molecular complexity index is 401. The van der Waals surface area contributed by atoms with Crippen LogP contribution >= 0.6 is 0 Å². The molecule has 0 saturated heterocycles. The van der Waals surface area contributed by atoms with Gasteiger partial charge in [0.25, 0.3) is 0 Å². The second kappa shape index (κ2) is 6.15. The number of aliphatic hydroxyl groups excluding tert-OH is 1. The Morgan fingerprint density at radius 1 is 1.31 bits per heavy atom. The van der Waals surface area contributed by atoms with Crippen molar-refractivity contribution in [3.63, 3.8) is 0 Å². The molecule has 0 amide bonds. The molecule has 1 N–H and O–H groups in total. The molecule has 84 valence electrons. The van der Waals surface area contributed by atoms with E-state index in [0.29, 0.717) is 12.3 Å². The van der Waals surface area contributed by atoms with E-state index in [4.69, 9.17) is 5.11 Å². The molecule has 0 bridgehead atoms. The molecule has 0 unspecified atom stereocenters. The van der Waals surface area contributed by atoms with Crippen LogP contribution in [0.3, 0.4) is 0 Å². The molecule has 16 heavy (non-hydrogen) atoms. The number of hydrogen-bond acceptors (Lipinski definition) is 1. The Balaban J connectivity index is 2.72. The highest BCUT2D eigenvalue weighted by Crippen LogP contribution is 2.14. The Hall–Kier alpha value is -1.52. The summed E-state index contributed by atoms with van der Waals surface area (Å²) in [6.45, 7) is 8.22. The van der Waals surface area contributed by atoms with Crippen molar-refractivity contribution in [2.24, 2.45) is 0 Å². The maximum atomic E-state index is 8.70. The van der Waals surface area contributed by atoms with Gasteiger partial charge in [0.15, 0.2) is 0 Å². The van der Waals surface area contributed by atoms with Gasteiger partial charge in [-0.1, -0.05) is 44.4 Å². The van der Waals surface area contributed by atoms with Crippen LogP contribution < -0.4 is 0 Å². The van der Waals surface area contributed by atoms with Crippen molar-refractivity contribution in [1.29, 1.82) is 0 Å². The normalized spacial score (nSPS) is 9.75. The van der Waals surface area contributed by atoms with E-state index in [1.807, 2.05) is 12.1 Å². The van der Waals surface area contributed by atoms with Crippen LogP contribution in [0.15, 0.2) is 36.4 Å². The Labute approximate surface area is 97.8 Å². The minimum Gasteiger partial charge on any atom is -0.396 e. The fraction of sp³-hybridized carbons (Fsp3) is 0.333. The van der Waals surface area contributed by atoms with E-state index in [-0.39, 0.29) is 6.61 Å². The first-order valence-electron chi connectivity index (χ1n) is 5.54. The summed E-state index contributed by atoms with van der Waals surface area (Å²) in [5.74, 6) is 6.53. The smallest absolute Gasteiger partial charge is 0.0477 e. The minimum atomic E-state index is 0.111. The fourth-order valence-electron chi connectivity index (χ4n) is 1.31. The second-order valence-electron chi connectivity index (χ2n) is 4.10. The van der Waals surface area contributed by atoms with Crippen LogP contribution in [0, 0.1) is 11.8 Å². The molecule has 0 atom stereocenters. The largest absolute Gasteiger partial charge is 0.396 e. The van der Waals surface area contributed by atoms with Crippen LogP contribution in [0.4, 0.5) is 0 Å². The van der Waals surface area contributed by atoms with E-state index in [0.717, 1.165) is 11.1 Å². The number of rotatable bonds is 3. The summed E-state index contributed by atoms with van der Waals surface area (Å²) in [6.07, 6.45) is 0.553. The summed E-state index contributed by atoms with van der Waals surface area (Å²) in [6, 6.07) is 8.25. The van der Waals surface area contributed by atoms with Crippen LogP contribution in [-0.2, 0) is 0 Å². The first-order valence-corrected chi connectivity index (χ1v) is 5.54. The molecule has 1 rings (SSSR count). The van der Waals surface area contributed by atoms with Crippen molar-refractivity contribution >= 4 is 0 Å². The van der Waals surface area contributed by atoms with Gasteiger partial charge in [0.1, 0.15) is 0 Å². The average Bonchev–Trinajstić information content (AvgIpc) is 2.27. The van der Waals surface area contributed by atoms with E-state index in [1.165, 1.54) is 5.56 Å². The lowest BCUT2D eigenvalue weighted by Crippen LogP contribution is -1.87. The molecule has 0 aromatic heterocycles. The maximum Gasteiger partial charge on any atom is 0.0477 e. The SMILES string of the molecule is C=C(C#Cc1ccc(C(C)C)cc1)CCO. The van der Waals surface area contributed by atoms with Crippen molar-refractivity contribution in [2.45, 2.75) is 26.2 Å². The Morgan fingerprint density at radius 2 is 1.94 bits per heavy atom. The third-order valence-electron chi connectivity index (χ3n) is 2.37. The van der Waals surface area contributed by atoms with Crippen LogP contribution in [0.2, 0.25) is 0 Å². The van der Waals surface area contributed by atoms with Crippen molar-refractivity contribution in [3.8, 4) is 11.8 Å². The molecule has 1 heteroatoms. The van der Waals surface area contributed by atoms with Gasteiger partial charge in [-0.2, -0.15) is 0 Å². The van der Waals surface area contributed by atoms with Crippen molar-refractivity contribution in [2.75, 3.05) is 6.61 Å². The molecule has 0 heterocycles.